The summed E-state index contributed by atoms with van der Waals surface area (Å²) in [5, 5.41) is 7.65. The van der Waals surface area contributed by atoms with Crippen LogP contribution in [0.1, 0.15) is 18.4 Å². The highest BCUT2D eigenvalue weighted by molar-refractivity contribution is 8.00. The van der Waals surface area contributed by atoms with E-state index in [-0.39, 0.29) is 12.6 Å². The molecule has 0 fully saturated rings. The molecule has 0 N–H and O–H groups in total. The molecule has 0 saturated heterocycles. The van der Waals surface area contributed by atoms with E-state index in [1.165, 1.54) is 7.11 Å². The van der Waals surface area contributed by atoms with Crippen LogP contribution in [-0.2, 0) is 16.1 Å². The van der Waals surface area contributed by atoms with Crippen LogP contribution in [0.3, 0.4) is 0 Å². The van der Waals surface area contributed by atoms with Gasteiger partial charge in [0.15, 0.2) is 6.61 Å². The topological polar surface area (TPSA) is 74.5 Å². The molecule has 0 amide bonds. The second-order valence-corrected chi connectivity index (χ2v) is 5.64. The molecule has 1 aromatic carbocycles. The summed E-state index contributed by atoms with van der Waals surface area (Å²) in [7, 11) is 1.34. The van der Waals surface area contributed by atoms with E-state index >= 15 is 0 Å². The fourth-order valence-corrected chi connectivity index (χ4v) is 2.29. The summed E-state index contributed by atoms with van der Waals surface area (Å²) in [6.07, 6.45) is 0. The first-order valence-electron chi connectivity index (χ1n) is 6.35. The van der Waals surface area contributed by atoms with Gasteiger partial charge in [0.2, 0.25) is 0 Å². The Morgan fingerprint density at radius 2 is 2.24 bits per heavy atom. The van der Waals surface area contributed by atoms with Crippen molar-refractivity contribution in [2.24, 2.45) is 0 Å². The van der Waals surface area contributed by atoms with Crippen LogP contribution < -0.4 is 4.74 Å². The zero-order chi connectivity index (χ0) is 15.2. The standard InChI is InChI=1S/C14H16N2O4S/c1-9-5-4-6-11(7-9)19-8-12-15-16-14(20-12)21-10(2)13(17)18-3/h4-7,10H,8H2,1-3H3. The van der Waals surface area contributed by atoms with E-state index in [4.69, 9.17) is 9.15 Å². The number of carbonyl (C=O) groups is 1. The third kappa shape index (κ3) is 4.49. The van der Waals surface area contributed by atoms with Crippen LogP contribution in [0.2, 0.25) is 0 Å². The van der Waals surface area contributed by atoms with Crippen molar-refractivity contribution in [3.8, 4) is 5.75 Å². The fourth-order valence-electron chi connectivity index (χ4n) is 1.56. The molecule has 0 spiro atoms. The van der Waals surface area contributed by atoms with Crippen molar-refractivity contribution in [1.82, 2.24) is 10.2 Å². The second kappa shape index (κ2) is 7.12. The minimum Gasteiger partial charge on any atom is -0.484 e. The lowest BCUT2D eigenvalue weighted by atomic mass is 10.2. The van der Waals surface area contributed by atoms with Crippen molar-refractivity contribution in [1.29, 1.82) is 0 Å². The van der Waals surface area contributed by atoms with Gasteiger partial charge in [-0.2, -0.15) is 0 Å². The van der Waals surface area contributed by atoms with Crippen molar-refractivity contribution in [2.75, 3.05) is 7.11 Å². The molecule has 6 nitrogen and oxygen atoms in total. The molecule has 112 valence electrons. The average molecular weight is 308 g/mol. The Labute approximate surface area is 126 Å². The van der Waals surface area contributed by atoms with E-state index in [0.717, 1.165) is 23.1 Å². The molecule has 0 radical (unpaired) electrons. The number of methoxy groups -OCH3 is 1. The van der Waals surface area contributed by atoms with Gasteiger partial charge in [-0.1, -0.05) is 23.9 Å². The zero-order valence-electron chi connectivity index (χ0n) is 12.0. The Morgan fingerprint density at radius 3 is 2.95 bits per heavy atom. The maximum atomic E-state index is 11.3. The number of benzene rings is 1. The smallest absolute Gasteiger partial charge is 0.319 e. The number of aromatic nitrogens is 2. The van der Waals surface area contributed by atoms with Crippen molar-refractivity contribution in [3.05, 3.63) is 35.7 Å². The minimum absolute atomic E-state index is 0.184. The van der Waals surface area contributed by atoms with E-state index in [2.05, 4.69) is 14.9 Å². The Morgan fingerprint density at radius 1 is 1.43 bits per heavy atom. The van der Waals surface area contributed by atoms with Gasteiger partial charge in [-0.3, -0.25) is 4.79 Å². The predicted octanol–water partition coefficient (Wildman–Crippen LogP) is 2.61. The summed E-state index contributed by atoms with van der Waals surface area (Å²) >= 11 is 1.15. The van der Waals surface area contributed by atoms with Gasteiger partial charge >= 0.3 is 5.97 Å². The number of nitrogens with zero attached hydrogens (tertiary/aromatic N) is 2. The summed E-state index contributed by atoms with van der Waals surface area (Å²) in [6, 6.07) is 7.68. The minimum atomic E-state index is -0.402. The van der Waals surface area contributed by atoms with Crippen molar-refractivity contribution in [2.45, 2.75) is 30.9 Å². The van der Waals surface area contributed by atoms with Crippen LogP contribution >= 0.6 is 11.8 Å². The van der Waals surface area contributed by atoms with E-state index in [1.807, 2.05) is 31.2 Å². The molecule has 1 atom stereocenters. The maximum absolute atomic E-state index is 11.3. The molecule has 2 aromatic rings. The molecule has 1 heterocycles. The van der Waals surface area contributed by atoms with Crippen molar-refractivity contribution < 1.29 is 18.7 Å². The number of thioether (sulfide) groups is 1. The number of aryl methyl sites for hydroxylation is 1. The molecule has 1 unspecified atom stereocenters. The van der Waals surface area contributed by atoms with Gasteiger partial charge in [-0.05, 0) is 31.5 Å². The van der Waals surface area contributed by atoms with Crippen LogP contribution in [0.15, 0.2) is 33.9 Å². The summed E-state index contributed by atoms with van der Waals surface area (Å²) in [6.45, 7) is 3.88. The molecule has 7 heteroatoms. The number of hydrogen-bond acceptors (Lipinski definition) is 7. The van der Waals surface area contributed by atoms with Crippen molar-refractivity contribution in [3.63, 3.8) is 0 Å². The van der Waals surface area contributed by atoms with Crippen LogP contribution in [0.4, 0.5) is 0 Å². The van der Waals surface area contributed by atoms with Gasteiger partial charge in [-0.25, -0.2) is 0 Å². The van der Waals surface area contributed by atoms with E-state index in [9.17, 15) is 4.79 Å². The van der Waals surface area contributed by atoms with Gasteiger partial charge in [0.1, 0.15) is 11.0 Å². The number of carbonyl (C=O) groups excluding carboxylic acids is 1. The highest BCUT2D eigenvalue weighted by Crippen LogP contribution is 2.23. The molecule has 0 aliphatic carbocycles. The van der Waals surface area contributed by atoms with E-state index in [0.29, 0.717) is 11.1 Å². The third-order valence-corrected chi connectivity index (χ3v) is 3.52. The Kier molecular flexibility index (Phi) is 5.21. The molecular formula is C14H16N2O4S. The maximum Gasteiger partial charge on any atom is 0.319 e. The van der Waals surface area contributed by atoms with Crippen LogP contribution in [0.25, 0.3) is 0 Å². The van der Waals surface area contributed by atoms with Crippen LogP contribution in [0.5, 0.6) is 5.75 Å². The molecule has 1 aromatic heterocycles. The lowest BCUT2D eigenvalue weighted by Crippen LogP contribution is -2.14. The second-order valence-electron chi connectivity index (χ2n) is 4.35. The predicted molar refractivity (Wildman–Crippen MR) is 77.1 cm³/mol. The van der Waals surface area contributed by atoms with E-state index < -0.39 is 5.25 Å². The first-order valence-corrected chi connectivity index (χ1v) is 7.23. The number of esters is 1. The fraction of sp³-hybridized carbons (Fsp3) is 0.357. The molecule has 0 saturated carbocycles. The highest BCUT2D eigenvalue weighted by Gasteiger charge is 2.18. The van der Waals surface area contributed by atoms with Crippen LogP contribution in [-0.4, -0.2) is 28.5 Å². The molecule has 0 aliphatic rings. The quantitative estimate of drug-likeness (QED) is 0.599. The largest absolute Gasteiger partial charge is 0.484 e. The lowest BCUT2D eigenvalue weighted by molar-refractivity contribution is -0.139. The van der Waals surface area contributed by atoms with Crippen LogP contribution in [0, 0.1) is 6.92 Å². The Bertz CT molecular complexity index is 615. The highest BCUT2D eigenvalue weighted by atomic mass is 32.2. The normalized spacial score (nSPS) is 12.0. The Hall–Kier alpha value is -2.02. The average Bonchev–Trinajstić information content (AvgIpc) is 2.92. The van der Waals surface area contributed by atoms with Gasteiger partial charge in [0, 0.05) is 0 Å². The van der Waals surface area contributed by atoms with Gasteiger partial charge in [0.25, 0.3) is 11.1 Å². The van der Waals surface area contributed by atoms with Gasteiger partial charge in [0.05, 0.1) is 7.11 Å². The SMILES string of the molecule is COC(=O)C(C)Sc1nnc(COc2cccc(C)c2)o1. The summed E-state index contributed by atoms with van der Waals surface area (Å²) in [5.41, 5.74) is 1.11. The van der Waals surface area contributed by atoms with Gasteiger partial charge < -0.3 is 13.9 Å². The first kappa shape index (κ1) is 15.4. The lowest BCUT2D eigenvalue weighted by Gasteiger charge is -2.05. The van der Waals surface area contributed by atoms with Crippen molar-refractivity contribution >= 4 is 17.7 Å². The summed E-state index contributed by atoms with van der Waals surface area (Å²) in [4.78, 5) is 11.3. The number of hydrogen-bond donors (Lipinski definition) is 0. The summed E-state index contributed by atoms with van der Waals surface area (Å²) in [5.74, 6) is 0.761. The summed E-state index contributed by atoms with van der Waals surface area (Å²) < 4.78 is 15.6. The zero-order valence-corrected chi connectivity index (χ0v) is 12.8. The number of rotatable bonds is 6. The molecular weight excluding hydrogens is 292 g/mol. The molecule has 0 bridgehead atoms. The number of ether oxygens (including phenoxy) is 2. The molecule has 2 rings (SSSR count). The van der Waals surface area contributed by atoms with E-state index in [1.54, 1.807) is 6.92 Å². The molecule has 0 aliphatic heterocycles. The molecule has 21 heavy (non-hydrogen) atoms. The van der Waals surface area contributed by atoms with Gasteiger partial charge in [-0.15, -0.1) is 10.2 Å². The third-order valence-electron chi connectivity index (χ3n) is 2.61. The Balaban J connectivity index is 1.90. The monoisotopic (exact) mass is 308 g/mol. The first-order chi connectivity index (χ1) is 10.1.